The Bertz CT molecular complexity index is 1620. The fourth-order valence-corrected chi connectivity index (χ4v) is 4.83. The summed E-state index contributed by atoms with van der Waals surface area (Å²) >= 11 is 0. The lowest BCUT2D eigenvalue weighted by Crippen LogP contribution is -2.09. The van der Waals surface area contributed by atoms with E-state index in [0.717, 1.165) is 41.6 Å². The zero-order valence-electron chi connectivity index (χ0n) is 21.7. The molecule has 1 fully saturated rings. The molecule has 1 saturated carbocycles. The second-order valence-corrected chi connectivity index (χ2v) is 9.80. The normalized spacial score (nSPS) is 14.7. The highest BCUT2D eigenvalue weighted by Gasteiger charge is 2.35. The van der Waals surface area contributed by atoms with Gasteiger partial charge in [0.1, 0.15) is 23.5 Å². The van der Waals surface area contributed by atoms with Gasteiger partial charge in [0.05, 0.1) is 31.6 Å². The number of benzene rings is 1. The maximum atomic E-state index is 13.1. The monoisotopic (exact) mass is 547 g/mol. The molecule has 0 saturated heterocycles. The Morgan fingerprint density at radius 1 is 1.10 bits per heavy atom. The Balaban J connectivity index is 1.29. The van der Waals surface area contributed by atoms with E-state index >= 15 is 0 Å². The molecule has 1 aromatic carbocycles. The van der Waals surface area contributed by atoms with Gasteiger partial charge in [-0.15, -0.1) is 0 Å². The number of ether oxygens (including phenoxy) is 1. The van der Waals surface area contributed by atoms with Gasteiger partial charge in [-0.25, -0.2) is 24.9 Å². The maximum Gasteiger partial charge on any atom is 0.434 e. The molecule has 6 rings (SSSR count). The Hall–Kier alpha value is -4.73. The average molecular weight is 548 g/mol. The molecule has 0 radical (unpaired) electrons. The zero-order valence-corrected chi connectivity index (χ0v) is 21.7. The summed E-state index contributed by atoms with van der Waals surface area (Å²) in [6.07, 6.45) is 2.18. The van der Waals surface area contributed by atoms with Crippen LogP contribution in [0.3, 0.4) is 0 Å². The lowest BCUT2D eigenvalue weighted by Gasteiger charge is -2.15. The van der Waals surface area contributed by atoms with Crippen molar-refractivity contribution in [2.45, 2.75) is 44.6 Å². The van der Waals surface area contributed by atoms with Gasteiger partial charge in [0.25, 0.3) is 0 Å². The molecule has 0 bridgehead atoms. The van der Waals surface area contributed by atoms with Gasteiger partial charge in [0.15, 0.2) is 17.7 Å². The highest BCUT2D eigenvalue weighted by molar-refractivity contribution is 5.68. The van der Waals surface area contributed by atoms with Gasteiger partial charge in [-0.3, -0.25) is 0 Å². The molecule has 0 spiro atoms. The van der Waals surface area contributed by atoms with Crippen LogP contribution in [0.1, 0.15) is 47.0 Å². The Morgan fingerprint density at radius 2 is 1.88 bits per heavy atom. The molecular weight excluding hydrogens is 523 g/mol. The number of nitrogens with zero attached hydrogens (tertiary/aromatic N) is 8. The number of nitrogens with one attached hydrogen (secondary N) is 1. The average Bonchev–Trinajstić information content (AvgIpc) is 3.58. The molecule has 2 aliphatic rings. The topological polar surface area (TPSA) is 118 Å². The second kappa shape index (κ2) is 9.78. The van der Waals surface area contributed by atoms with Crippen LogP contribution in [0.2, 0.25) is 0 Å². The molecule has 3 aromatic heterocycles. The lowest BCUT2D eigenvalue weighted by atomic mass is 10.1. The molecule has 1 aliphatic carbocycles. The van der Waals surface area contributed by atoms with Crippen molar-refractivity contribution in [1.29, 1.82) is 5.26 Å². The van der Waals surface area contributed by atoms with Crippen LogP contribution in [-0.2, 0) is 32.9 Å². The number of imidazole rings is 1. The lowest BCUT2D eigenvalue weighted by molar-refractivity contribution is -0.140. The van der Waals surface area contributed by atoms with E-state index in [4.69, 9.17) is 14.7 Å². The van der Waals surface area contributed by atoms with Gasteiger partial charge in [0, 0.05) is 36.8 Å². The number of halogens is 3. The van der Waals surface area contributed by atoms with Crippen LogP contribution in [0.5, 0.6) is 5.88 Å². The van der Waals surface area contributed by atoms with E-state index in [2.05, 4.69) is 26.5 Å². The van der Waals surface area contributed by atoms with Crippen molar-refractivity contribution in [3.8, 4) is 34.8 Å². The van der Waals surface area contributed by atoms with Crippen LogP contribution >= 0.6 is 0 Å². The standard InChI is InChI=1S/C27H24F3N9O/c1-38-12-20(27(28,29)30)36-25(38)17-5-3-15(4-6-17)9-32-23-18-10-39(13-31)11-19(18)35-24(37-23)21-22(16-7-8-16)33-14-34-26(21)40-2/h3-6,12,14,16H,7-11H2,1-2H3,(H,32,35,37). The van der Waals surface area contributed by atoms with Crippen LogP contribution < -0.4 is 10.1 Å². The first-order valence-electron chi connectivity index (χ1n) is 12.6. The quantitative estimate of drug-likeness (QED) is 0.330. The molecule has 0 unspecified atom stereocenters. The third-order valence-corrected chi connectivity index (χ3v) is 6.99. The molecule has 40 heavy (non-hydrogen) atoms. The van der Waals surface area contributed by atoms with E-state index in [0.29, 0.717) is 54.2 Å². The molecular formula is C27H24F3N9O. The van der Waals surface area contributed by atoms with E-state index in [1.807, 2.05) is 12.1 Å². The minimum Gasteiger partial charge on any atom is -0.480 e. The summed E-state index contributed by atoms with van der Waals surface area (Å²) in [5.74, 6) is 1.96. The van der Waals surface area contributed by atoms with Crippen LogP contribution in [-0.4, -0.2) is 41.5 Å². The molecule has 13 heteroatoms. The van der Waals surface area contributed by atoms with Gasteiger partial charge in [-0.1, -0.05) is 24.3 Å². The van der Waals surface area contributed by atoms with Gasteiger partial charge in [-0.2, -0.15) is 18.4 Å². The Morgan fingerprint density at radius 3 is 2.52 bits per heavy atom. The number of aromatic nitrogens is 6. The first kappa shape index (κ1) is 25.5. The van der Waals surface area contributed by atoms with Crippen molar-refractivity contribution < 1.29 is 17.9 Å². The number of alkyl halides is 3. The molecule has 1 N–H and O–H groups in total. The van der Waals surface area contributed by atoms with E-state index in [1.165, 1.54) is 17.9 Å². The number of hydrogen-bond donors (Lipinski definition) is 1. The molecule has 0 atom stereocenters. The summed E-state index contributed by atoms with van der Waals surface area (Å²) in [4.78, 5) is 23.8. The van der Waals surface area contributed by atoms with Crippen molar-refractivity contribution in [2.24, 2.45) is 7.05 Å². The predicted octanol–water partition coefficient (Wildman–Crippen LogP) is 4.65. The van der Waals surface area contributed by atoms with Crippen LogP contribution in [0.25, 0.3) is 22.8 Å². The Kier molecular flexibility index (Phi) is 6.25. The number of fused-ring (bicyclic) bond motifs is 1. The highest BCUT2D eigenvalue weighted by atomic mass is 19.4. The summed E-state index contributed by atoms with van der Waals surface area (Å²) in [7, 11) is 3.08. The minimum absolute atomic E-state index is 0.229. The fraction of sp³-hybridized carbons (Fsp3) is 0.333. The summed E-state index contributed by atoms with van der Waals surface area (Å²) in [6, 6.07) is 7.13. The SMILES string of the molecule is COc1ncnc(C2CC2)c1-c1nc2c(c(NCc3ccc(-c4nc(C(F)(F)F)cn4C)cc3)n1)CN(C#N)C2. The van der Waals surface area contributed by atoms with E-state index < -0.39 is 11.9 Å². The second-order valence-electron chi connectivity index (χ2n) is 9.80. The number of hydrogen-bond acceptors (Lipinski definition) is 9. The molecule has 0 amide bonds. The minimum atomic E-state index is -4.51. The molecule has 1 aliphatic heterocycles. The van der Waals surface area contributed by atoms with E-state index in [1.54, 1.807) is 24.1 Å². The number of methoxy groups -OCH3 is 1. The van der Waals surface area contributed by atoms with Crippen molar-refractivity contribution in [3.05, 3.63) is 65.0 Å². The molecule has 4 aromatic rings. The molecule has 4 heterocycles. The summed E-state index contributed by atoms with van der Waals surface area (Å²) in [5.41, 5.74) is 3.61. The summed E-state index contributed by atoms with van der Waals surface area (Å²) in [5, 5.41) is 12.9. The number of aryl methyl sites for hydroxylation is 1. The van der Waals surface area contributed by atoms with Gasteiger partial charge in [-0.05, 0) is 18.4 Å². The van der Waals surface area contributed by atoms with Crippen LogP contribution in [0, 0.1) is 11.5 Å². The van der Waals surface area contributed by atoms with Crippen molar-refractivity contribution in [1.82, 2.24) is 34.4 Å². The zero-order chi connectivity index (χ0) is 28.0. The summed E-state index contributed by atoms with van der Waals surface area (Å²) in [6.45, 7) is 1.14. The number of nitriles is 1. The van der Waals surface area contributed by atoms with Crippen LogP contribution in [0.15, 0.2) is 36.8 Å². The van der Waals surface area contributed by atoms with Crippen molar-refractivity contribution in [2.75, 3.05) is 12.4 Å². The third kappa shape index (κ3) is 4.76. The van der Waals surface area contributed by atoms with E-state index in [-0.39, 0.29) is 5.82 Å². The Labute approximate surface area is 227 Å². The smallest absolute Gasteiger partial charge is 0.434 e. The van der Waals surface area contributed by atoms with Gasteiger partial charge >= 0.3 is 6.18 Å². The van der Waals surface area contributed by atoms with Gasteiger partial charge in [0.2, 0.25) is 5.88 Å². The predicted molar refractivity (Wildman–Crippen MR) is 137 cm³/mol. The molecule has 10 nitrogen and oxygen atoms in total. The van der Waals surface area contributed by atoms with Crippen molar-refractivity contribution in [3.63, 3.8) is 0 Å². The van der Waals surface area contributed by atoms with E-state index in [9.17, 15) is 18.4 Å². The summed E-state index contributed by atoms with van der Waals surface area (Å²) < 4.78 is 46.1. The van der Waals surface area contributed by atoms with Crippen molar-refractivity contribution >= 4 is 5.82 Å². The van der Waals surface area contributed by atoms with Gasteiger partial charge < -0.3 is 19.5 Å². The highest BCUT2D eigenvalue weighted by Crippen LogP contribution is 2.45. The first-order valence-corrected chi connectivity index (χ1v) is 12.6. The molecule has 204 valence electrons. The fourth-order valence-electron chi connectivity index (χ4n) is 4.83. The first-order chi connectivity index (χ1) is 19.2. The number of rotatable bonds is 7. The maximum absolute atomic E-state index is 13.1. The number of anilines is 1. The largest absolute Gasteiger partial charge is 0.480 e. The third-order valence-electron chi connectivity index (χ3n) is 6.99. The van der Waals surface area contributed by atoms with Crippen LogP contribution in [0.4, 0.5) is 19.0 Å².